The third-order valence-electron chi connectivity index (χ3n) is 5.62. The van der Waals surface area contributed by atoms with Gasteiger partial charge in [-0.2, -0.15) is 5.10 Å². The molecule has 4 heteroatoms. The number of nitrogens with zero attached hydrogens (tertiary/aromatic N) is 2. The maximum atomic E-state index is 13.2. The smallest absolute Gasteiger partial charge is 0.270 e. The summed E-state index contributed by atoms with van der Waals surface area (Å²) in [5.41, 5.74) is 8.97. The predicted molar refractivity (Wildman–Crippen MR) is 126 cm³/mol. The van der Waals surface area contributed by atoms with E-state index in [2.05, 4.69) is 50.4 Å². The number of benzene rings is 3. The van der Waals surface area contributed by atoms with Gasteiger partial charge < -0.3 is 5.32 Å². The van der Waals surface area contributed by atoms with Crippen molar-refractivity contribution in [1.29, 1.82) is 0 Å². The molecule has 0 spiro atoms. The first-order valence-electron chi connectivity index (χ1n) is 10.5. The van der Waals surface area contributed by atoms with Gasteiger partial charge in [-0.25, -0.2) is 4.68 Å². The van der Waals surface area contributed by atoms with Crippen molar-refractivity contribution in [2.45, 2.75) is 34.2 Å². The minimum atomic E-state index is -0.147. The highest BCUT2D eigenvalue weighted by Crippen LogP contribution is 2.25. The van der Waals surface area contributed by atoms with Gasteiger partial charge in [-0.15, -0.1) is 0 Å². The molecule has 1 amide bonds. The van der Waals surface area contributed by atoms with E-state index < -0.39 is 0 Å². The fraction of sp³-hybridized carbons (Fsp3) is 0.185. The predicted octanol–water partition coefficient (Wildman–Crippen LogP) is 5.70. The number of hydrogen-bond acceptors (Lipinski definition) is 2. The zero-order valence-electron chi connectivity index (χ0n) is 18.4. The summed E-state index contributed by atoms with van der Waals surface area (Å²) in [4.78, 5) is 13.2. The molecule has 0 saturated carbocycles. The van der Waals surface area contributed by atoms with Crippen molar-refractivity contribution < 1.29 is 4.79 Å². The minimum Gasteiger partial charge on any atom is -0.347 e. The Kier molecular flexibility index (Phi) is 5.72. The second kappa shape index (κ2) is 8.60. The minimum absolute atomic E-state index is 0.147. The normalized spacial score (nSPS) is 10.8. The second-order valence-electron chi connectivity index (χ2n) is 8.08. The monoisotopic (exact) mass is 409 g/mol. The standard InChI is InChI=1S/C27H27N3O/c1-18-10-13-25(21(4)14-18)30-26(27(31)28-17-22-8-6-5-7-9-22)16-24(29-30)23-12-11-19(2)20(3)15-23/h5-16H,17H2,1-4H3,(H,28,31). The summed E-state index contributed by atoms with van der Waals surface area (Å²) in [6.45, 7) is 8.76. The highest BCUT2D eigenvalue weighted by Gasteiger charge is 2.19. The van der Waals surface area contributed by atoms with Crippen molar-refractivity contribution in [3.63, 3.8) is 0 Å². The molecule has 0 unspecified atom stereocenters. The van der Waals surface area contributed by atoms with E-state index in [0.717, 1.165) is 28.1 Å². The summed E-state index contributed by atoms with van der Waals surface area (Å²) < 4.78 is 1.76. The Morgan fingerprint density at radius 2 is 1.61 bits per heavy atom. The molecule has 1 heterocycles. The lowest BCUT2D eigenvalue weighted by molar-refractivity contribution is 0.0943. The molecular weight excluding hydrogens is 382 g/mol. The van der Waals surface area contributed by atoms with Crippen molar-refractivity contribution in [3.05, 3.63) is 106 Å². The number of nitrogens with one attached hydrogen (secondary N) is 1. The van der Waals surface area contributed by atoms with Crippen LogP contribution in [0.1, 0.15) is 38.3 Å². The van der Waals surface area contributed by atoms with Crippen LogP contribution >= 0.6 is 0 Å². The molecule has 4 rings (SSSR count). The molecule has 0 aliphatic carbocycles. The first-order valence-corrected chi connectivity index (χ1v) is 10.5. The van der Waals surface area contributed by atoms with Crippen LogP contribution in [0.5, 0.6) is 0 Å². The average molecular weight is 410 g/mol. The van der Waals surface area contributed by atoms with Crippen LogP contribution in [-0.2, 0) is 6.54 Å². The van der Waals surface area contributed by atoms with Gasteiger partial charge in [-0.3, -0.25) is 4.79 Å². The maximum absolute atomic E-state index is 13.2. The van der Waals surface area contributed by atoms with Crippen LogP contribution in [0.2, 0.25) is 0 Å². The SMILES string of the molecule is Cc1ccc(-n2nc(-c3ccc(C)c(C)c3)cc2C(=O)NCc2ccccc2)c(C)c1. The Morgan fingerprint density at radius 3 is 2.32 bits per heavy atom. The Morgan fingerprint density at radius 1 is 0.839 bits per heavy atom. The number of aryl methyl sites for hydroxylation is 4. The van der Waals surface area contributed by atoms with E-state index in [0.29, 0.717) is 12.2 Å². The van der Waals surface area contributed by atoms with Crippen molar-refractivity contribution in [1.82, 2.24) is 15.1 Å². The lowest BCUT2D eigenvalue weighted by atomic mass is 10.0. The molecule has 0 aliphatic rings. The quantitative estimate of drug-likeness (QED) is 0.459. The van der Waals surface area contributed by atoms with Crippen LogP contribution in [0, 0.1) is 27.7 Å². The molecule has 1 aromatic heterocycles. The van der Waals surface area contributed by atoms with Gasteiger partial charge >= 0.3 is 0 Å². The van der Waals surface area contributed by atoms with E-state index in [1.165, 1.54) is 16.7 Å². The summed E-state index contributed by atoms with van der Waals surface area (Å²) in [5, 5.41) is 7.89. The third kappa shape index (κ3) is 4.43. The zero-order valence-corrected chi connectivity index (χ0v) is 18.4. The van der Waals surface area contributed by atoms with Gasteiger partial charge in [0, 0.05) is 12.1 Å². The first-order chi connectivity index (χ1) is 14.9. The van der Waals surface area contributed by atoms with Crippen LogP contribution in [-0.4, -0.2) is 15.7 Å². The summed E-state index contributed by atoms with van der Waals surface area (Å²) in [6.07, 6.45) is 0. The van der Waals surface area contributed by atoms with Crippen LogP contribution in [0.25, 0.3) is 16.9 Å². The van der Waals surface area contributed by atoms with Crippen molar-refractivity contribution in [2.75, 3.05) is 0 Å². The highest BCUT2D eigenvalue weighted by atomic mass is 16.2. The number of rotatable bonds is 5. The molecule has 4 aromatic rings. The largest absolute Gasteiger partial charge is 0.347 e. The molecule has 0 aliphatic heterocycles. The molecule has 0 saturated heterocycles. The van der Waals surface area contributed by atoms with Crippen molar-refractivity contribution in [2.24, 2.45) is 0 Å². The van der Waals surface area contributed by atoms with E-state index in [1.54, 1.807) is 4.68 Å². The molecule has 0 fully saturated rings. The molecule has 3 aromatic carbocycles. The third-order valence-corrected chi connectivity index (χ3v) is 5.62. The fourth-order valence-corrected chi connectivity index (χ4v) is 3.68. The van der Waals surface area contributed by atoms with E-state index in [1.807, 2.05) is 55.5 Å². The van der Waals surface area contributed by atoms with Crippen LogP contribution < -0.4 is 5.32 Å². The number of carbonyl (C=O) groups excluding carboxylic acids is 1. The Balaban J connectivity index is 1.75. The molecule has 4 nitrogen and oxygen atoms in total. The lowest BCUT2D eigenvalue weighted by Crippen LogP contribution is -2.25. The van der Waals surface area contributed by atoms with Crippen molar-refractivity contribution >= 4 is 5.91 Å². The maximum Gasteiger partial charge on any atom is 0.270 e. The lowest BCUT2D eigenvalue weighted by Gasteiger charge is -2.11. The summed E-state index contributed by atoms with van der Waals surface area (Å²) >= 11 is 0. The van der Waals surface area contributed by atoms with Gasteiger partial charge in [0.25, 0.3) is 5.91 Å². The number of hydrogen-bond donors (Lipinski definition) is 1. The average Bonchev–Trinajstić information content (AvgIpc) is 3.20. The molecule has 31 heavy (non-hydrogen) atoms. The zero-order chi connectivity index (χ0) is 22.0. The first kappa shape index (κ1) is 20.6. The number of amides is 1. The summed E-state index contributed by atoms with van der Waals surface area (Å²) in [7, 11) is 0. The van der Waals surface area contributed by atoms with E-state index >= 15 is 0 Å². The second-order valence-corrected chi connectivity index (χ2v) is 8.08. The molecule has 1 N–H and O–H groups in total. The molecule has 0 bridgehead atoms. The van der Waals surface area contributed by atoms with E-state index in [9.17, 15) is 4.79 Å². The molecule has 0 atom stereocenters. The van der Waals surface area contributed by atoms with Gasteiger partial charge in [0.05, 0.1) is 11.4 Å². The van der Waals surface area contributed by atoms with Gasteiger partial charge in [-0.1, -0.05) is 60.2 Å². The van der Waals surface area contributed by atoms with E-state index in [4.69, 9.17) is 5.10 Å². The molecular formula is C27H27N3O. The Bertz CT molecular complexity index is 1240. The summed E-state index contributed by atoms with van der Waals surface area (Å²) in [6, 6.07) is 24.2. The Hall–Kier alpha value is -3.66. The van der Waals surface area contributed by atoms with Crippen molar-refractivity contribution in [3.8, 4) is 16.9 Å². The van der Waals surface area contributed by atoms with Crippen LogP contribution in [0.4, 0.5) is 0 Å². The molecule has 0 radical (unpaired) electrons. The van der Waals surface area contributed by atoms with Gasteiger partial charge in [-0.05, 0) is 68.1 Å². The fourth-order valence-electron chi connectivity index (χ4n) is 3.68. The summed E-state index contributed by atoms with van der Waals surface area (Å²) in [5.74, 6) is -0.147. The van der Waals surface area contributed by atoms with Crippen LogP contribution in [0.3, 0.4) is 0 Å². The Labute approximate surface area is 183 Å². The highest BCUT2D eigenvalue weighted by molar-refractivity contribution is 5.94. The number of aromatic nitrogens is 2. The van der Waals surface area contributed by atoms with Gasteiger partial charge in [0.15, 0.2) is 0 Å². The van der Waals surface area contributed by atoms with Crippen LogP contribution in [0.15, 0.2) is 72.8 Å². The number of carbonyl (C=O) groups is 1. The van der Waals surface area contributed by atoms with Gasteiger partial charge in [0.1, 0.15) is 5.69 Å². The van der Waals surface area contributed by atoms with Gasteiger partial charge in [0.2, 0.25) is 0 Å². The van der Waals surface area contributed by atoms with E-state index in [-0.39, 0.29) is 5.91 Å². The topological polar surface area (TPSA) is 46.9 Å². The molecule has 156 valence electrons.